The predicted octanol–water partition coefficient (Wildman–Crippen LogP) is 1.33. The van der Waals surface area contributed by atoms with Crippen molar-refractivity contribution < 1.29 is 5.11 Å². The number of hydrogen-bond donors (Lipinski definition) is 2. The lowest BCUT2D eigenvalue weighted by atomic mass is 10.00. The molecule has 1 atom stereocenters. The van der Waals surface area contributed by atoms with Crippen molar-refractivity contribution in [2.45, 2.75) is 32.4 Å². The number of nitrogens with zero attached hydrogens (tertiary/aromatic N) is 1. The lowest BCUT2D eigenvalue weighted by Crippen LogP contribution is -2.44. The van der Waals surface area contributed by atoms with Gasteiger partial charge >= 0.3 is 0 Å². The van der Waals surface area contributed by atoms with Crippen LogP contribution in [0.1, 0.15) is 25.8 Å². The van der Waals surface area contributed by atoms with Crippen molar-refractivity contribution in [3.05, 3.63) is 30.1 Å². The highest BCUT2D eigenvalue weighted by Gasteiger charge is 2.19. The Morgan fingerprint density at radius 2 is 2.07 bits per heavy atom. The van der Waals surface area contributed by atoms with Gasteiger partial charge in [0.1, 0.15) is 0 Å². The molecule has 1 heterocycles. The van der Waals surface area contributed by atoms with E-state index in [4.69, 9.17) is 0 Å². The van der Waals surface area contributed by atoms with Crippen molar-refractivity contribution in [3.8, 4) is 0 Å². The summed E-state index contributed by atoms with van der Waals surface area (Å²) in [6.07, 6.45) is 4.47. The molecule has 3 heteroatoms. The third-order valence-electron chi connectivity index (χ3n) is 2.60. The van der Waals surface area contributed by atoms with Gasteiger partial charge < -0.3 is 10.4 Å². The Hall–Kier alpha value is -0.930. The molecule has 0 bridgehead atoms. The fraction of sp³-hybridized carbons (Fsp3) is 0.545. The van der Waals surface area contributed by atoms with Crippen molar-refractivity contribution in [1.29, 1.82) is 0 Å². The zero-order chi connectivity index (χ0) is 10.4. The largest absolute Gasteiger partial charge is 0.394 e. The van der Waals surface area contributed by atoms with Crippen LogP contribution in [0.4, 0.5) is 0 Å². The van der Waals surface area contributed by atoms with Gasteiger partial charge in [0.2, 0.25) is 0 Å². The Morgan fingerprint density at radius 1 is 1.43 bits per heavy atom. The van der Waals surface area contributed by atoms with Gasteiger partial charge in [0.15, 0.2) is 0 Å². The van der Waals surface area contributed by atoms with E-state index in [1.54, 1.807) is 12.4 Å². The molecule has 0 radical (unpaired) electrons. The highest BCUT2D eigenvalue weighted by atomic mass is 16.3. The Bertz CT molecular complexity index is 257. The van der Waals surface area contributed by atoms with Gasteiger partial charge in [-0.05, 0) is 31.0 Å². The van der Waals surface area contributed by atoms with Crippen LogP contribution in [0.5, 0.6) is 0 Å². The molecule has 0 aliphatic rings. The molecule has 0 spiro atoms. The SMILES string of the molecule is CCC(C)(CO)NCc1ccncc1. The highest BCUT2D eigenvalue weighted by Crippen LogP contribution is 2.09. The minimum absolute atomic E-state index is 0.161. The molecule has 0 amide bonds. The molecule has 1 rings (SSSR count). The van der Waals surface area contributed by atoms with Crippen LogP contribution in [0.3, 0.4) is 0 Å². The third kappa shape index (κ3) is 3.09. The van der Waals surface area contributed by atoms with E-state index >= 15 is 0 Å². The summed E-state index contributed by atoms with van der Waals surface area (Å²) >= 11 is 0. The molecule has 0 fully saturated rings. The van der Waals surface area contributed by atoms with Crippen LogP contribution < -0.4 is 5.32 Å². The van der Waals surface area contributed by atoms with Crippen LogP contribution in [0.2, 0.25) is 0 Å². The summed E-state index contributed by atoms with van der Waals surface area (Å²) in [4.78, 5) is 3.95. The number of pyridine rings is 1. The molecule has 0 aromatic carbocycles. The van der Waals surface area contributed by atoms with Gasteiger partial charge in [-0.3, -0.25) is 4.98 Å². The van der Waals surface area contributed by atoms with E-state index < -0.39 is 0 Å². The summed E-state index contributed by atoms with van der Waals surface area (Å²) in [5.74, 6) is 0. The molecule has 3 nitrogen and oxygen atoms in total. The third-order valence-corrected chi connectivity index (χ3v) is 2.60. The maximum atomic E-state index is 9.19. The zero-order valence-corrected chi connectivity index (χ0v) is 8.83. The van der Waals surface area contributed by atoms with Crippen molar-refractivity contribution >= 4 is 0 Å². The molecule has 0 aliphatic carbocycles. The normalized spacial score (nSPS) is 15.1. The van der Waals surface area contributed by atoms with Gasteiger partial charge in [-0.25, -0.2) is 0 Å². The van der Waals surface area contributed by atoms with Crippen LogP contribution in [-0.2, 0) is 6.54 Å². The standard InChI is InChI=1S/C11H18N2O/c1-3-11(2,9-14)13-8-10-4-6-12-7-5-10/h4-7,13-14H,3,8-9H2,1-2H3. The molecule has 1 aromatic heterocycles. The Labute approximate surface area is 85.2 Å². The van der Waals surface area contributed by atoms with E-state index in [9.17, 15) is 5.11 Å². The summed E-state index contributed by atoms with van der Waals surface area (Å²) in [5.41, 5.74) is 1.01. The fourth-order valence-electron chi connectivity index (χ4n) is 1.11. The highest BCUT2D eigenvalue weighted by molar-refractivity contribution is 5.09. The Balaban J connectivity index is 2.48. The van der Waals surface area contributed by atoms with Crippen LogP contribution >= 0.6 is 0 Å². The van der Waals surface area contributed by atoms with Gasteiger partial charge in [-0.15, -0.1) is 0 Å². The second-order valence-corrected chi connectivity index (χ2v) is 3.78. The molecule has 0 aliphatic heterocycles. The summed E-state index contributed by atoms with van der Waals surface area (Å²) in [6.45, 7) is 5.02. The number of rotatable bonds is 5. The molecule has 2 N–H and O–H groups in total. The molecule has 0 saturated heterocycles. The number of aromatic nitrogens is 1. The van der Waals surface area contributed by atoms with Crippen molar-refractivity contribution in [2.24, 2.45) is 0 Å². The first-order chi connectivity index (χ1) is 6.70. The lowest BCUT2D eigenvalue weighted by molar-refractivity contribution is 0.169. The molecule has 1 unspecified atom stereocenters. The van der Waals surface area contributed by atoms with E-state index in [1.165, 1.54) is 5.56 Å². The number of aliphatic hydroxyl groups is 1. The van der Waals surface area contributed by atoms with Gasteiger partial charge in [-0.2, -0.15) is 0 Å². The molecule has 1 aromatic rings. The van der Waals surface area contributed by atoms with E-state index in [2.05, 4.69) is 17.2 Å². The van der Waals surface area contributed by atoms with Crippen LogP contribution in [0.25, 0.3) is 0 Å². The maximum absolute atomic E-state index is 9.19. The fourth-order valence-corrected chi connectivity index (χ4v) is 1.11. The average molecular weight is 194 g/mol. The summed E-state index contributed by atoms with van der Waals surface area (Å²) in [6, 6.07) is 3.95. The number of nitrogens with one attached hydrogen (secondary N) is 1. The monoisotopic (exact) mass is 194 g/mol. The van der Waals surface area contributed by atoms with E-state index in [1.807, 2.05) is 19.1 Å². The van der Waals surface area contributed by atoms with Crippen LogP contribution in [0.15, 0.2) is 24.5 Å². The minimum Gasteiger partial charge on any atom is -0.394 e. The second kappa shape index (κ2) is 5.08. The first-order valence-corrected chi connectivity index (χ1v) is 4.95. The molecule has 0 saturated carbocycles. The predicted molar refractivity (Wildman–Crippen MR) is 56.9 cm³/mol. The molecule has 78 valence electrons. The van der Waals surface area contributed by atoms with Crippen molar-refractivity contribution in [1.82, 2.24) is 10.3 Å². The van der Waals surface area contributed by atoms with Crippen LogP contribution in [-0.4, -0.2) is 22.2 Å². The quantitative estimate of drug-likeness (QED) is 0.743. The Kier molecular flexibility index (Phi) is 4.04. The Morgan fingerprint density at radius 3 is 2.57 bits per heavy atom. The topological polar surface area (TPSA) is 45.1 Å². The number of aliphatic hydroxyl groups excluding tert-OH is 1. The van der Waals surface area contributed by atoms with Crippen molar-refractivity contribution in [2.75, 3.05) is 6.61 Å². The summed E-state index contributed by atoms with van der Waals surface area (Å²) in [7, 11) is 0. The van der Waals surface area contributed by atoms with Crippen molar-refractivity contribution in [3.63, 3.8) is 0 Å². The van der Waals surface area contributed by atoms with E-state index in [0.29, 0.717) is 0 Å². The smallest absolute Gasteiger partial charge is 0.0610 e. The summed E-state index contributed by atoms with van der Waals surface area (Å²) in [5, 5.41) is 12.5. The summed E-state index contributed by atoms with van der Waals surface area (Å²) < 4.78 is 0. The maximum Gasteiger partial charge on any atom is 0.0610 e. The second-order valence-electron chi connectivity index (χ2n) is 3.78. The first kappa shape index (κ1) is 11.1. The minimum atomic E-state index is -0.177. The van der Waals surface area contributed by atoms with Gasteiger partial charge in [-0.1, -0.05) is 6.92 Å². The van der Waals surface area contributed by atoms with E-state index in [0.717, 1.165) is 13.0 Å². The first-order valence-electron chi connectivity index (χ1n) is 4.95. The van der Waals surface area contributed by atoms with Gasteiger partial charge in [0.25, 0.3) is 0 Å². The molecular weight excluding hydrogens is 176 g/mol. The lowest BCUT2D eigenvalue weighted by Gasteiger charge is -2.27. The molecule has 14 heavy (non-hydrogen) atoms. The van der Waals surface area contributed by atoms with Gasteiger partial charge in [0, 0.05) is 24.5 Å². The number of hydrogen-bond acceptors (Lipinski definition) is 3. The van der Waals surface area contributed by atoms with E-state index in [-0.39, 0.29) is 12.1 Å². The average Bonchev–Trinajstić information content (AvgIpc) is 2.27. The zero-order valence-electron chi connectivity index (χ0n) is 8.83. The van der Waals surface area contributed by atoms with Crippen LogP contribution in [0, 0.1) is 0 Å². The molecular formula is C11H18N2O. The van der Waals surface area contributed by atoms with Gasteiger partial charge in [0.05, 0.1) is 6.61 Å².